The van der Waals surface area contributed by atoms with Gasteiger partial charge in [0.1, 0.15) is 0 Å². The third-order valence-electron chi connectivity index (χ3n) is 6.01. The molecule has 1 atom stereocenters. The fraction of sp³-hybridized carbons (Fsp3) is 0.360. The quantitative estimate of drug-likeness (QED) is 0.400. The predicted octanol–water partition coefficient (Wildman–Crippen LogP) is 6.43. The van der Waals surface area contributed by atoms with Crippen LogP contribution < -0.4 is 0 Å². The molecule has 0 radical (unpaired) electrons. The van der Waals surface area contributed by atoms with Crippen molar-refractivity contribution in [2.75, 3.05) is 6.54 Å². The Labute approximate surface area is 195 Å². The van der Waals surface area contributed by atoms with Crippen LogP contribution in [0.2, 0.25) is 0 Å². The molecule has 0 saturated heterocycles. The lowest BCUT2D eigenvalue weighted by molar-refractivity contribution is -0.141. The van der Waals surface area contributed by atoms with Gasteiger partial charge in [-0.25, -0.2) is 0 Å². The van der Waals surface area contributed by atoms with Crippen molar-refractivity contribution >= 4 is 17.2 Å². The standard InChI is InChI=1S/C25H26F3N3OS/c1-5-23(32)30-12-19(18-11-21(15(3)4)33-22(18)14-30)16-9-7-8-10-17(16)20-13-31(6-2)29-24(20)25(26,27)28/h5,7-11,13,15,19H,1,6,12,14H2,2-4H3. The number of thiophene rings is 1. The van der Waals surface area contributed by atoms with E-state index in [-0.39, 0.29) is 17.4 Å². The van der Waals surface area contributed by atoms with E-state index < -0.39 is 11.9 Å². The molecule has 0 bridgehead atoms. The number of benzene rings is 1. The van der Waals surface area contributed by atoms with Gasteiger partial charge in [0, 0.05) is 40.5 Å². The molecule has 0 fully saturated rings. The van der Waals surface area contributed by atoms with Gasteiger partial charge in [0.05, 0.1) is 6.54 Å². The van der Waals surface area contributed by atoms with Crippen LogP contribution in [0.15, 0.2) is 49.2 Å². The summed E-state index contributed by atoms with van der Waals surface area (Å²) in [6, 6.07) is 9.31. The number of rotatable bonds is 5. The molecular weight excluding hydrogens is 447 g/mol. The second kappa shape index (κ2) is 8.82. The number of carbonyl (C=O) groups excluding carboxylic acids is 1. The molecule has 33 heavy (non-hydrogen) atoms. The normalized spacial score (nSPS) is 16.2. The van der Waals surface area contributed by atoms with E-state index in [4.69, 9.17) is 0 Å². The highest BCUT2D eigenvalue weighted by Crippen LogP contribution is 2.45. The molecule has 1 aromatic carbocycles. The second-order valence-electron chi connectivity index (χ2n) is 8.49. The lowest BCUT2D eigenvalue weighted by atomic mass is 9.83. The number of carbonyl (C=O) groups is 1. The maximum absolute atomic E-state index is 13.9. The van der Waals surface area contributed by atoms with Crippen LogP contribution in [0.5, 0.6) is 0 Å². The van der Waals surface area contributed by atoms with E-state index in [1.54, 1.807) is 35.3 Å². The number of alkyl halides is 3. The first-order chi connectivity index (χ1) is 15.6. The molecule has 0 N–H and O–H groups in total. The zero-order chi connectivity index (χ0) is 23.9. The number of aromatic nitrogens is 2. The number of hydrogen-bond donors (Lipinski definition) is 0. The van der Waals surface area contributed by atoms with Crippen molar-refractivity contribution in [2.24, 2.45) is 0 Å². The molecule has 1 amide bonds. The van der Waals surface area contributed by atoms with E-state index in [9.17, 15) is 18.0 Å². The van der Waals surface area contributed by atoms with Crippen LogP contribution in [0.3, 0.4) is 0 Å². The highest BCUT2D eigenvalue weighted by molar-refractivity contribution is 7.12. The molecule has 1 aliphatic rings. The van der Waals surface area contributed by atoms with Gasteiger partial charge in [0.25, 0.3) is 0 Å². The molecule has 0 spiro atoms. The van der Waals surface area contributed by atoms with Gasteiger partial charge in [-0.3, -0.25) is 9.48 Å². The van der Waals surface area contributed by atoms with Crippen LogP contribution in [0.4, 0.5) is 13.2 Å². The van der Waals surface area contributed by atoms with Gasteiger partial charge in [0.15, 0.2) is 5.69 Å². The summed E-state index contributed by atoms with van der Waals surface area (Å²) in [6.07, 6.45) is -1.82. The highest BCUT2D eigenvalue weighted by Gasteiger charge is 2.39. The lowest BCUT2D eigenvalue weighted by Gasteiger charge is -2.33. The monoisotopic (exact) mass is 473 g/mol. The first-order valence-corrected chi connectivity index (χ1v) is 11.7. The molecule has 0 saturated carbocycles. The van der Waals surface area contributed by atoms with Gasteiger partial charge in [-0.15, -0.1) is 11.3 Å². The van der Waals surface area contributed by atoms with Crippen molar-refractivity contribution < 1.29 is 18.0 Å². The van der Waals surface area contributed by atoms with Crippen LogP contribution in [-0.4, -0.2) is 27.1 Å². The van der Waals surface area contributed by atoms with Gasteiger partial charge >= 0.3 is 6.18 Å². The molecule has 8 heteroatoms. The number of halogens is 3. The third kappa shape index (κ3) is 4.36. The average molecular weight is 474 g/mol. The van der Waals surface area contributed by atoms with E-state index in [0.717, 1.165) is 16.0 Å². The first kappa shape index (κ1) is 23.3. The molecule has 3 heterocycles. The fourth-order valence-electron chi connectivity index (χ4n) is 4.32. The Kier molecular flexibility index (Phi) is 6.22. The van der Waals surface area contributed by atoms with E-state index in [0.29, 0.717) is 31.1 Å². The van der Waals surface area contributed by atoms with Crippen molar-refractivity contribution in [3.8, 4) is 11.1 Å². The smallest absolute Gasteiger partial charge is 0.333 e. The average Bonchev–Trinajstić information content (AvgIpc) is 3.42. The molecule has 4 rings (SSSR count). The van der Waals surface area contributed by atoms with Crippen LogP contribution in [0.1, 0.15) is 59.2 Å². The Balaban J connectivity index is 1.90. The Morgan fingerprint density at radius 2 is 2.00 bits per heavy atom. The van der Waals surface area contributed by atoms with Crippen LogP contribution in [-0.2, 0) is 24.1 Å². The van der Waals surface area contributed by atoms with Crippen molar-refractivity contribution in [2.45, 2.75) is 51.9 Å². The molecule has 2 aromatic heterocycles. The lowest BCUT2D eigenvalue weighted by Crippen LogP contribution is -2.37. The zero-order valence-corrected chi connectivity index (χ0v) is 19.6. The van der Waals surface area contributed by atoms with Gasteiger partial charge in [-0.1, -0.05) is 44.7 Å². The summed E-state index contributed by atoms with van der Waals surface area (Å²) in [5, 5.41) is 3.81. The molecule has 4 nitrogen and oxygen atoms in total. The minimum absolute atomic E-state index is 0.0629. The summed E-state index contributed by atoms with van der Waals surface area (Å²) >= 11 is 1.67. The van der Waals surface area contributed by atoms with E-state index >= 15 is 0 Å². The van der Waals surface area contributed by atoms with Gasteiger partial charge < -0.3 is 4.90 Å². The van der Waals surface area contributed by atoms with E-state index in [1.807, 2.05) is 12.1 Å². The summed E-state index contributed by atoms with van der Waals surface area (Å²) in [5.41, 5.74) is 1.51. The summed E-state index contributed by atoms with van der Waals surface area (Å²) in [5.74, 6) is -0.110. The Hall–Kier alpha value is -2.87. The zero-order valence-electron chi connectivity index (χ0n) is 18.8. The van der Waals surface area contributed by atoms with Crippen molar-refractivity contribution in [3.05, 3.63) is 75.8 Å². The van der Waals surface area contributed by atoms with Crippen molar-refractivity contribution in [3.63, 3.8) is 0 Å². The van der Waals surface area contributed by atoms with Crippen LogP contribution >= 0.6 is 11.3 Å². The largest absolute Gasteiger partial charge is 0.435 e. The molecule has 1 aliphatic heterocycles. The van der Waals surface area contributed by atoms with Crippen LogP contribution in [0.25, 0.3) is 11.1 Å². The second-order valence-corrected chi connectivity index (χ2v) is 9.66. The number of aryl methyl sites for hydroxylation is 1. The third-order valence-corrected chi connectivity index (χ3v) is 7.45. The molecule has 3 aromatic rings. The molecule has 1 unspecified atom stereocenters. The van der Waals surface area contributed by atoms with Gasteiger partial charge in [-0.2, -0.15) is 18.3 Å². The maximum Gasteiger partial charge on any atom is 0.435 e. The van der Waals surface area contributed by atoms with E-state index in [1.165, 1.54) is 21.8 Å². The summed E-state index contributed by atoms with van der Waals surface area (Å²) in [7, 11) is 0. The van der Waals surface area contributed by atoms with E-state index in [2.05, 4.69) is 31.6 Å². The molecular formula is C25H26F3N3OS. The number of hydrogen-bond acceptors (Lipinski definition) is 3. The maximum atomic E-state index is 13.9. The van der Waals surface area contributed by atoms with Crippen molar-refractivity contribution in [1.29, 1.82) is 0 Å². The number of fused-ring (bicyclic) bond motifs is 1. The summed E-state index contributed by atoms with van der Waals surface area (Å²) in [6.45, 7) is 10.8. The molecule has 174 valence electrons. The Bertz CT molecular complexity index is 1190. The van der Waals surface area contributed by atoms with Crippen LogP contribution in [0, 0.1) is 0 Å². The summed E-state index contributed by atoms with van der Waals surface area (Å²) in [4.78, 5) is 16.5. The number of nitrogens with zero attached hydrogens (tertiary/aromatic N) is 3. The minimum Gasteiger partial charge on any atom is -0.333 e. The Morgan fingerprint density at radius 1 is 1.27 bits per heavy atom. The highest BCUT2D eigenvalue weighted by atomic mass is 32.1. The van der Waals surface area contributed by atoms with Crippen molar-refractivity contribution in [1.82, 2.24) is 14.7 Å². The van der Waals surface area contributed by atoms with Gasteiger partial charge in [0.2, 0.25) is 5.91 Å². The fourth-order valence-corrected chi connectivity index (χ4v) is 5.57. The SMILES string of the molecule is C=CC(=O)N1Cc2sc(C(C)C)cc2C(c2ccccc2-c2cn(CC)nc2C(F)(F)F)C1. The number of amides is 1. The molecule has 0 aliphatic carbocycles. The van der Waals surface area contributed by atoms with Gasteiger partial charge in [-0.05, 0) is 41.7 Å². The topological polar surface area (TPSA) is 38.1 Å². The summed E-state index contributed by atoms with van der Waals surface area (Å²) < 4.78 is 42.9. The predicted molar refractivity (Wildman–Crippen MR) is 124 cm³/mol. The minimum atomic E-state index is -4.57. The Morgan fingerprint density at radius 3 is 2.64 bits per heavy atom. The first-order valence-electron chi connectivity index (χ1n) is 10.9.